The van der Waals surface area contributed by atoms with Crippen LogP contribution in [0.4, 0.5) is 36.8 Å². The van der Waals surface area contributed by atoms with Crippen LogP contribution in [0, 0.1) is 0 Å². The number of hydrazine groups is 1. The summed E-state index contributed by atoms with van der Waals surface area (Å²) in [5, 5.41) is 1.40. The zero-order valence-corrected chi connectivity index (χ0v) is 19.2. The fraction of sp³-hybridized carbons (Fsp3) is 0.409. The monoisotopic (exact) mass is 522 g/mol. The lowest BCUT2D eigenvalue weighted by atomic mass is 10.1. The molecule has 3 atom stereocenters. The van der Waals surface area contributed by atoms with Crippen molar-refractivity contribution in [2.45, 2.75) is 49.6 Å². The average Bonchev–Trinajstić information content (AvgIpc) is 2.80. The van der Waals surface area contributed by atoms with Crippen LogP contribution < -0.4 is 10.7 Å². The minimum absolute atomic E-state index is 0.00811. The van der Waals surface area contributed by atoms with Crippen LogP contribution in [0.25, 0.3) is 0 Å². The molecule has 6 nitrogen and oxygen atoms in total. The number of anilines is 1. The van der Waals surface area contributed by atoms with E-state index in [9.17, 15) is 35.3 Å². The average molecular weight is 522 g/mol. The van der Waals surface area contributed by atoms with Crippen molar-refractivity contribution in [3.8, 4) is 0 Å². The standard InChI is InChI=1S/C22H21F6N3O3S/c1-2-4-18(35-33)17-12-34-19(13-5-3-6-15(11-13)22(26,27)28)30(31(17)20(29)32)16-9-7-14(8-10-16)21(23,24)25/h3,5-11,17-19H,2,4,12H2,1H3,(H-,29,32)/p+1. The molecule has 0 radical (unpaired) electrons. The van der Waals surface area contributed by atoms with E-state index < -0.39 is 47.0 Å². The number of carbonyl (C=O) groups excluding carboxylic acids is 1. The third-order valence-electron chi connectivity index (χ3n) is 5.50. The molecule has 0 saturated carbocycles. The van der Waals surface area contributed by atoms with Gasteiger partial charge in [0.15, 0.2) is 6.23 Å². The lowest BCUT2D eigenvalue weighted by molar-refractivity contribution is -0.138. The number of nitrogens with two attached hydrogens (primary N) is 1. The van der Waals surface area contributed by atoms with Crippen LogP contribution in [0.1, 0.15) is 42.7 Å². The first-order valence-electron chi connectivity index (χ1n) is 10.5. The Morgan fingerprint density at radius 2 is 1.71 bits per heavy atom. The molecular formula is C22H22F6N3O3S+. The molecule has 35 heavy (non-hydrogen) atoms. The molecule has 2 aromatic carbocycles. The van der Waals surface area contributed by atoms with Gasteiger partial charge >= 0.3 is 30.1 Å². The van der Waals surface area contributed by atoms with E-state index in [1.807, 2.05) is 6.92 Å². The summed E-state index contributed by atoms with van der Waals surface area (Å²) in [7, 11) is 0. The smallest absolute Gasteiger partial charge is 0.350 e. The van der Waals surface area contributed by atoms with Crippen molar-refractivity contribution >= 4 is 23.4 Å². The maximum absolute atomic E-state index is 13.3. The number of benzene rings is 2. The Hall–Kier alpha value is -2.93. The number of rotatable bonds is 6. The summed E-state index contributed by atoms with van der Waals surface area (Å²) in [5.41, 5.74) is 3.70. The number of primary amides is 1. The molecule has 13 heteroatoms. The van der Waals surface area contributed by atoms with Gasteiger partial charge in [-0.15, -0.1) is 0 Å². The van der Waals surface area contributed by atoms with E-state index >= 15 is 0 Å². The highest BCUT2D eigenvalue weighted by Gasteiger charge is 2.48. The zero-order valence-electron chi connectivity index (χ0n) is 18.3. The van der Waals surface area contributed by atoms with Crippen molar-refractivity contribution in [3.05, 3.63) is 65.2 Å². The van der Waals surface area contributed by atoms with Gasteiger partial charge in [0.05, 0.1) is 23.4 Å². The molecule has 2 aromatic rings. The van der Waals surface area contributed by atoms with Crippen molar-refractivity contribution in [2.75, 3.05) is 11.6 Å². The number of nitrogens with zero attached hydrogens (tertiary/aromatic N) is 2. The fourth-order valence-electron chi connectivity index (χ4n) is 3.90. The van der Waals surface area contributed by atoms with Crippen molar-refractivity contribution < 1.29 is 40.1 Å². The quantitative estimate of drug-likeness (QED) is 0.401. The molecule has 1 heterocycles. The van der Waals surface area contributed by atoms with Gasteiger partial charge in [-0.3, -0.25) is 0 Å². The van der Waals surface area contributed by atoms with Crippen LogP contribution in [-0.2, 0) is 33.0 Å². The highest BCUT2D eigenvalue weighted by Crippen LogP contribution is 2.39. The maximum Gasteiger partial charge on any atom is 0.464 e. The summed E-state index contributed by atoms with van der Waals surface area (Å²) in [6.07, 6.45) is -9.67. The Morgan fingerprint density at radius 3 is 2.23 bits per heavy atom. The van der Waals surface area contributed by atoms with Crippen LogP contribution in [0.5, 0.6) is 0 Å². The molecular weight excluding hydrogens is 500 g/mol. The van der Waals surface area contributed by atoms with Gasteiger partial charge < -0.3 is 10.5 Å². The first kappa shape index (κ1) is 26.7. The van der Waals surface area contributed by atoms with Crippen molar-refractivity contribution in [1.29, 1.82) is 0 Å². The molecule has 3 unspecified atom stereocenters. The predicted molar refractivity (Wildman–Crippen MR) is 116 cm³/mol. The lowest BCUT2D eigenvalue weighted by Gasteiger charge is -2.48. The zero-order chi connectivity index (χ0) is 26.0. The van der Waals surface area contributed by atoms with E-state index in [0.717, 1.165) is 52.5 Å². The minimum atomic E-state index is -4.67. The molecule has 3 rings (SSSR count). The number of hydrogen-bond donors (Lipinski definition) is 1. The van der Waals surface area contributed by atoms with Gasteiger partial charge in [-0.05, 0) is 36.4 Å². The summed E-state index contributed by atoms with van der Waals surface area (Å²) in [5.74, 6) is 0. The number of urea groups is 1. The topological polar surface area (TPSA) is 75.9 Å². The molecule has 1 fully saturated rings. The van der Waals surface area contributed by atoms with E-state index in [-0.39, 0.29) is 29.5 Å². The molecule has 0 aliphatic carbocycles. The SMILES string of the molecule is CCCC([S+]=O)C1COC(c2cccc(C(F)(F)F)c2)N(c2ccc(C(F)(F)F)cc2)N1C(N)=O. The van der Waals surface area contributed by atoms with Gasteiger partial charge in [0.25, 0.3) is 5.25 Å². The van der Waals surface area contributed by atoms with Crippen LogP contribution in [0.2, 0.25) is 0 Å². The first-order chi connectivity index (χ1) is 16.4. The number of amides is 2. The number of alkyl halides is 6. The molecule has 0 bridgehead atoms. The predicted octanol–water partition coefficient (Wildman–Crippen LogP) is 5.52. The molecule has 0 aromatic heterocycles. The number of carbonyl (C=O) groups is 1. The third-order valence-corrected chi connectivity index (χ3v) is 6.30. The maximum atomic E-state index is 13.3. The second-order valence-electron chi connectivity index (χ2n) is 7.87. The Balaban J connectivity index is 2.15. The summed E-state index contributed by atoms with van der Waals surface area (Å²) < 4.78 is 96.9. The van der Waals surface area contributed by atoms with E-state index in [2.05, 4.69) is 0 Å². The normalized spacial score (nSPS) is 20.0. The van der Waals surface area contributed by atoms with Crippen LogP contribution in [-0.4, -0.2) is 28.9 Å². The van der Waals surface area contributed by atoms with Gasteiger partial charge in [-0.2, -0.15) is 26.3 Å². The van der Waals surface area contributed by atoms with Gasteiger partial charge in [0.2, 0.25) is 0 Å². The number of hydrogen-bond acceptors (Lipinski definition) is 4. The third kappa shape index (κ3) is 5.84. The van der Waals surface area contributed by atoms with Crippen LogP contribution in [0.15, 0.2) is 48.5 Å². The van der Waals surface area contributed by atoms with Crippen molar-refractivity contribution in [2.24, 2.45) is 5.73 Å². The lowest BCUT2D eigenvalue weighted by Crippen LogP contribution is -2.64. The summed E-state index contributed by atoms with van der Waals surface area (Å²) in [6, 6.07) is 5.89. The molecule has 1 aliphatic rings. The highest BCUT2D eigenvalue weighted by atomic mass is 32.1. The molecule has 190 valence electrons. The van der Waals surface area contributed by atoms with E-state index in [1.165, 1.54) is 6.07 Å². The highest BCUT2D eigenvalue weighted by molar-refractivity contribution is 7.66. The van der Waals surface area contributed by atoms with Gasteiger partial charge in [-0.1, -0.05) is 25.5 Å². The van der Waals surface area contributed by atoms with Crippen molar-refractivity contribution in [1.82, 2.24) is 5.01 Å². The Labute approximate surface area is 201 Å². The summed E-state index contributed by atoms with van der Waals surface area (Å²) in [4.78, 5) is 12.6. The van der Waals surface area contributed by atoms with E-state index in [4.69, 9.17) is 10.5 Å². The summed E-state index contributed by atoms with van der Waals surface area (Å²) in [6.45, 7) is 1.60. The number of halogens is 6. The van der Waals surface area contributed by atoms with E-state index in [1.54, 1.807) is 0 Å². The van der Waals surface area contributed by atoms with E-state index in [0.29, 0.717) is 12.8 Å². The van der Waals surface area contributed by atoms with Crippen LogP contribution in [0.3, 0.4) is 0 Å². The van der Waals surface area contributed by atoms with Gasteiger partial charge in [0, 0.05) is 16.2 Å². The minimum Gasteiger partial charge on any atom is -0.350 e. The molecule has 2 N–H and O–H groups in total. The number of ether oxygens (including phenoxy) is 1. The molecule has 2 amide bonds. The molecule has 1 aliphatic heterocycles. The first-order valence-corrected chi connectivity index (χ1v) is 11.3. The van der Waals surface area contributed by atoms with Gasteiger partial charge in [0.1, 0.15) is 6.04 Å². The Bertz CT molecular complexity index is 1050. The second-order valence-corrected chi connectivity index (χ2v) is 8.67. The van der Waals surface area contributed by atoms with Crippen molar-refractivity contribution in [3.63, 3.8) is 0 Å². The summed E-state index contributed by atoms with van der Waals surface area (Å²) >= 11 is 0.224. The Morgan fingerprint density at radius 1 is 1.09 bits per heavy atom. The van der Waals surface area contributed by atoms with Gasteiger partial charge in [-0.25, -0.2) is 14.8 Å². The molecule has 0 spiro atoms. The second kappa shape index (κ2) is 10.4. The molecule has 1 saturated heterocycles. The Kier molecular flexibility index (Phi) is 7.90. The largest absolute Gasteiger partial charge is 0.464 e. The van der Waals surface area contributed by atoms with Crippen LogP contribution >= 0.6 is 0 Å². The fourth-order valence-corrected chi connectivity index (χ4v) is 4.55.